The van der Waals surface area contributed by atoms with E-state index in [0.717, 1.165) is 23.3 Å². The van der Waals surface area contributed by atoms with Crippen LogP contribution in [0.3, 0.4) is 0 Å². The van der Waals surface area contributed by atoms with E-state index < -0.39 is 17.8 Å². The van der Waals surface area contributed by atoms with E-state index in [1.165, 1.54) is 12.3 Å². The predicted octanol–water partition coefficient (Wildman–Crippen LogP) is 5.24. The van der Waals surface area contributed by atoms with Gasteiger partial charge in [-0.1, -0.05) is 12.1 Å². The van der Waals surface area contributed by atoms with Crippen molar-refractivity contribution in [3.63, 3.8) is 0 Å². The molecular weight excluding hydrogens is 445 g/mol. The van der Waals surface area contributed by atoms with Gasteiger partial charge in [0.25, 0.3) is 0 Å². The van der Waals surface area contributed by atoms with E-state index in [-0.39, 0.29) is 11.7 Å². The number of Topliss-reactive ketones (excluding diaryl/α,β-unsaturated/α-hetero) is 1. The van der Waals surface area contributed by atoms with Crippen LogP contribution in [0.15, 0.2) is 48.7 Å². The summed E-state index contributed by atoms with van der Waals surface area (Å²) in [7, 11) is 0. The van der Waals surface area contributed by atoms with E-state index >= 15 is 0 Å². The van der Waals surface area contributed by atoms with Gasteiger partial charge in [0.2, 0.25) is 0 Å². The fourth-order valence-corrected chi connectivity index (χ4v) is 4.42. The molecule has 1 N–H and O–H groups in total. The largest absolute Gasteiger partial charge is 0.416 e. The predicted molar refractivity (Wildman–Crippen MR) is 119 cm³/mol. The van der Waals surface area contributed by atoms with Crippen molar-refractivity contribution in [3.8, 4) is 11.4 Å². The lowest BCUT2D eigenvalue weighted by Gasteiger charge is -2.24. The second kappa shape index (κ2) is 8.02. The highest BCUT2D eigenvalue weighted by molar-refractivity contribution is 6.00. The lowest BCUT2D eigenvalue weighted by Crippen LogP contribution is -2.25. The van der Waals surface area contributed by atoms with Gasteiger partial charge in [0.15, 0.2) is 11.6 Å². The summed E-state index contributed by atoms with van der Waals surface area (Å²) >= 11 is 0. The quantitative estimate of drug-likeness (QED) is 0.446. The van der Waals surface area contributed by atoms with Gasteiger partial charge in [-0.25, -0.2) is 9.97 Å². The van der Waals surface area contributed by atoms with Crippen LogP contribution < -0.4 is 0 Å². The summed E-state index contributed by atoms with van der Waals surface area (Å²) in [4.78, 5) is 21.9. The van der Waals surface area contributed by atoms with Gasteiger partial charge in [0, 0.05) is 23.7 Å². The molecule has 2 aromatic carbocycles. The molecule has 34 heavy (non-hydrogen) atoms. The second-order valence-corrected chi connectivity index (χ2v) is 8.60. The minimum absolute atomic E-state index is 0.0380. The van der Waals surface area contributed by atoms with E-state index in [4.69, 9.17) is 0 Å². The number of hydrogen-bond donors (Lipinski definition) is 1. The van der Waals surface area contributed by atoms with Gasteiger partial charge in [-0.2, -0.15) is 18.3 Å². The van der Waals surface area contributed by atoms with Crippen LogP contribution in [0.25, 0.3) is 22.3 Å². The molecule has 2 unspecified atom stereocenters. The molecule has 0 saturated carbocycles. The van der Waals surface area contributed by atoms with E-state index in [2.05, 4.69) is 15.1 Å². The van der Waals surface area contributed by atoms with Gasteiger partial charge in [-0.05, 0) is 61.7 Å². The zero-order valence-corrected chi connectivity index (χ0v) is 18.5. The summed E-state index contributed by atoms with van der Waals surface area (Å²) in [5, 5.41) is 14.4. The Balaban J connectivity index is 1.45. The van der Waals surface area contributed by atoms with E-state index in [9.17, 15) is 23.1 Å². The average Bonchev–Trinajstić information content (AvgIpc) is 3.24. The van der Waals surface area contributed by atoms with Crippen molar-refractivity contribution < 1.29 is 23.1 Å². The van der Waals surface area contributed by atoms with Gasteiger partial charge in [0.1, 0.15) is 5.69 Å². The number of carbonyl (C=O) groups is 1. The third-order valence-corrected chi connectivity index (χ3v) is 6.24. The van der Waals surface area contributed by atoms with Crippen LogP contribution in [0.4, 0.5) is 13.2 Å². The number of carbonyl (C=O) groups excluding carboxylic acids is 1. The fraction of sp³-hybridized carbons (Fsp3) is 0.280. The Hall–Kier alpha value is -3.59. The molecule has 0 saturated heterocycles. The Morgan fingerprint density at radius 3 is 2.65 bits per heavy atom. The zero-order valence-electron chi connectivity index (χ0n) is 18.5. The summed E-state index contributed by atoms with van der Waals surface area (Å²) in [6, 6.07) is 10.6. The fourth-order valence-electron chi connectivity index (χ4n) is 4.42. The van der Waals surface area contributed by atoms with Crippen LogP contribution in [0.5, 0.6) is 0 Å². The van der Waals surface area contributed by atoms with Gasteiger partial charge < -0.3 is 5.11 Å². The number of alkyl halides is 3. The summed E-state index contributed by atoms with van der Waals surface area (Å²) in [6.45, 7) is 4.10. The zero-order chi connectivity index (χ0) is 24.2. The number of rotatable bonds is 3. The molecule has 3 heterocycles. The van der Waals surface area contributed by atoms with Crippen LogP contribution >= 0.6 is 0 Å². The SMILES string of the molecule is Cc1cc(-c2ncc3cc(C(F)(F)F)ccc3n2)ccc1C1CCn2nc(C(C)O)cc2C1=O. The number of benzene rings is 2. The van der Waals surface area contributed by atoms with Crippen LogP contribution in [-0.4, -0.2) is 30.6 Å². The number of ketones is 1. The molecule has 5 rings (SSSR count). The minimum Gasteiger partial charge on any atom is -0.387 e. The first-order chi connectivity index (χ1) is 16.1. The molecule has 0 amide bonds. The molecule has 1 aliphatic rings. The maximum atomic E-state index is 13.2. The highest BCUT2D eigenvalue weighted by Crippen LogP contribution is 2.34. The first-order valence-corrected chi connectivity index (χ1v) is 10.9. The Morgan fingerprint density at radius 1 is 1.15 bits per heavy atom. The molecular formula is C25H21F3N4O2. The number of halogens is 3. The number of aliphatic hydroxyl groups excluding tert-OH is 1. The molecule has 9 heteroatoms. The Kier molecular flexibility index (Phi) is 5.24. The topological polar surface area (TPSA) is 80.9 Å². The van der Waals surface area contributed by atoms with Gasteiger partial charge in [-0.3, -0.25) is 9.48 Å². The normalized spacial score (nSPS) is 17.1. The van der Waals surface area contributed by atoms with Crippen LogP contribution in [-0.2, 0) is 12.7 Å². The summed E-state index contributed by atoms with van der Waals surface area (Å²) in [5.74, 6) is 0.0406. The number of aromatic nitrogens is 4. The highest BCUT2D eigenvalue weighted by atomic mass is 19.4. The molecule has 2 aromatic heterocycles. The molecule has 0 radical (unpaired) electrons. The molecule has 1 aliphatic heterocycles. The molecule has 4 aromatic rings. The molecule has 0 aliphatic carbocycles. The Morgan fingerprint density at radius 2 is 1.94 bits per heavy atom. The second-order valence-electron chi connectivity index (χ2n) is 8.60. The molecule has 0 spiro atoms. The van der Waals surface area contributed by atoms with Crippen molar-refractivity contribution >= 4 is 16.7 Å². The number of hydrogen-bond acceptors (Lipinski definition) is 5. The van der Waals surface area contributed by atoms with Crippen molar-refractivity contribution in [3.05, 3.63) is 76.7 Å². The summed E-state index contributed by atoms with van der Waals surface area (Å²) in [5.41, 5.74) is 3.16. The van der Waals surface area contributed by atoms with Crippen molar-refractivity contribution in [2.45, 2.75) is 45.0 Å². The average molecular weight is 466 g/mol. The smallest absolute Gasteiger partial charge is 0.387 e. The van der Waals surface area contributed by atoms with Gasteiger partial charge >= 0.3 is 6.18 Å². The maximum Gasteiger partial charge on any atom is 0.416 e. The number of aryl methyl sites for hydroxylation is 2. The van der Waals surface area contributed by atoms with E-state index in [1.807, 2.05) is 25.1 Å². The maximum absolute atomic E-state index is 13.2. The third kappa shape index (κ3) is 3.86. The van der Waals surface area contributed by atoms with E-state index in [1.54, 1.807) is 17.7 Å². The van der Waals surface area contributed by atoms with Crippen molar-refractivity contribution in [1.82, 2.24) is 19.7 Å². The lowest BCUT2D eigenvalue weighted by atomic mass is 9.84. The number of nitrogens with zero attached hydrogens (tertiary/aromatic N) is 4. The molecule has 174 valence electrons. The van der Waals surface area contributed by atoms with Crippen molar-refractivity contribution in [2.24, 2.45) is 0 Å². The Labute approximate surface area is 193 Å². The molecule has 0 fully saturated rings. The van der Waals surface area contributed by atoms with Crippen molar-refractivity contribution in [2.75, 3.05) is 0 Å². The van der Waals surface area contributed by atoms with Crippen LogP contribution in [0.1, 0.15) is 58.2 Å². The number of fused-ring (bicyclic) bond motifs is 2. The Bertz CT molecular complexity index is 1430. The molecule has 6 nitrogen and oxygen atoms in total. The van der Waals surface area contributed by atoms with Crippen molar-refractivity contribution in [1.29, 1.82) is 0 Å². The minimum atomic E-state index is -4.42. The van der Waals surface area contributed by atoms with Crippen LogP contribution in [0, 0.1) is 6.92 Å². The van der Waals surface area contributed by atoms with Gasteiger partial charge in [0.05, 0.1) is 28.8 Å². The molecule has 2 atom stereocenters. The number of aliphatic hydroxyl groups is 1. The summed E-state index contributed by atoms with van der Waals surface area (Å²) in [6.07, 6.45) is -3.18. The monoisotopic (exact) mass is 466 g/mol. The molecule has 0 bridgehead atoms. The standard InChI is InChI=1S/C25H21F3N4O2/c1-13-9-15(24-29-12-16-10-17(25(26,27)28)4-6-20(16)30-24)3-5-18(13)19-7-8-32-22(23(19)34)11-21(31-32)14(2)33/h3-6,9-12,14,19,33H,7-8H2,1-2H3. The first-order valence-electron chi connectivity index (χ1n) is 10.9. The third-order valence-electron chi connectivity index (χ3n) is 6.24. The lowest BCUT2D eigenvalue weighted by molar-refractivity contribution is -0.137. The first kappa shape index (κ1) is 22.2. The summed E-state index contributed by atoms with van der Waals surface area (Å²) < 4.78 is 40.5. The van der Waals surface area contributed by atoms with Gasteiger partial charge in [-0.15, -0.1) is 0 Å². The van der Waals surface area contributed by atoms with E-state index in [0.29, 0.717) is 46.6 Å². The van der Waals surface area contributed by atoms with Crippen LogP contribution in [0.2, 0.25) is 0 Å². The highest BCUT2D eigenvalue weighted by Gasteiger charge is 2.32.